The largest absolute Gasteiger partial charge is 0.399 e. The molecule has 1 rings (SSSR count). The molecule has 0 saturated carbocycles. The van der Waals surface area contributed by atoms with E-state index in [2.05, 4.69) is 20.8 Å². The molecule has 0 bridgehead atoms. The number of nitrogens with zero attached hydrogens (tertiary/aromatic N) is 1. The number of hydrogen-bond acceptors (Lipinski definition) is 4. The van der Waals surface area contributed by atoms with Gasteiger partial charge < -0.3 is 4.84 Å². The van der Waals surface area contributed by atoms with E-state index >= 15 is 0 Å². The number of rotatable bonds is 1. The second-order valence-corrected chi connectivity index (χ2v) is 1.98. The minimum absolute atomic E-state index is 0.0764. The van der Waals surface area contributed by atoms with Crippen LogP contribution in [0.3, 0.4) is 0 Å². The Morgan fingerprint density at radius 1 is 1.70 bits per heavy atom. The Balaban J connectivity index is 2.72. The molecule has 1 aliphatic rings. The van der Waals surface area contributed by atoms with Gasteiger partial charge in [0.05, 0.1) is 6.04 Å². The first kappa shape index (κ1) is 7.01. The first-order chi connectivity index (χ1) is 4.75. The second-order valence-electron chi connectivity index (χ2n) is 1.98. The lowest BCUT2D eigenvalue weighted by atomic mass is 10.2. The van der Waals surface area contributed by atoms with Crippen molar-refractivity contribution >= 4 is 11.6 Å². The Morgan fingerprint density at radius 2 is 2.40 bits per heavy atom. The zero-order valence-electron chi connectivity index (χ0n) is 5.84. The molecular formula is C5H9N3O2. The number of carbonyl (C=O) groups is 1. The third-order valence-corrected chi connectivity index (χ3v) is 1.23. The molecule has 0 radical (unpaired) electrons. The molecule has 1 atom stereocenters. The highest BCUT2D eigenvalue weighted by molar-refractivity contribution is 6.42. The van der Waals surface area contributed by atoms with Crippen molar-refractivity contribution in [2.45, 2.75) is 13.0 Å². The van der Waals surface area contributed by atoms with Crippen LogP contribution in [0, 0.1) is 0 Å². The van der Waals surface area contributed by atoms with Crippen molar-refractivity contribution < 1.29 is 9.63 Å². The third-order valence-electron chi connectivity index (χ3n) is 1.23. The smallest absolute Gasteiger partial charge is 0.284 e. The van der Waals surface area contributed by atoms with Gasteiger partial charge in [-0.3, -0.25) is 10.2 Å². The lowest BCUT2D eigenvalue weighted by Gasteiger charge is -1.96. The summed E-state index contributed by atoms with van der Waals surface area (Å²) in [5.74, 6) is -0.227. The van der Waals surface area contributed by atoms with E-state index in [0.29, 0.717) is 5.71 Å². The predicted octanol–water partition coefficient (Wildman–Crippen LogP) is -0.988. The lowest BCUT2D eigenvalue weighted by Crippen LogP contribution is -2.29. The predicted molar refractivity (Wildman–Crippen MR) is 35.2 cm³/mol. The van der Waals surface area contributed by atoms with Gasteiger partial charge in [-0.2, -0.15) is 0 Å². The van der Waals surface area contributed by atoms with Crippen molar-refractivity contribution in [1.29, 1.82) is 0 Å². The SMILES string of the molecule is CON=C1C(=O)NNC1C. The molecule has 1 amide bonds. The van der Waals surface area contributed by atoms with E-state index in [0.717, 1.165) is 0 Å². The van der Waals surface area contributed by atoms with Crippen LogP contribution < -0.4 is 10.9 Å². The molecule has 1 fully saturated rings. The van der Waals surface area contributed by atoms with Gasteiger partial charge in [-0.25, -0.2) is 5.43 Å². The fourth-order valence-electron chi connectivity index (χ4n) is 0.722. The molecule has 5 nitrogen and oxygen atoms in total. The van der Waals surface area contributed by atoms with Crippen molar-refractivity contribution in [3.8, 4) is 0 Å². The molecule has 56 valence electrons. The topological polar surface area (TPSA) is 62.7 Å². The summed E-state index contributed by atoms with van der Waals surface area (Å²) < 4.78 is 0. The van der Waals surface area contributed by atoms with Gasteiger partial charge in [-0.15, -0.1) is 0 Å². The first-order valence-electron chi connectivity index (χ1n) is 2.92. The zero-order chi connectivity index (χ0) is 7.56. The average Bonchev–Trinajstić information content (AvgIpc) is 2.20. The van der Waals surface area contributed by atoms with Crippen molar-refractivity contribution in [3.05, 3.63) is 0 Å². The van der Waals surface area contributed by atoms with E-state index in [-0.39, 0.29) is 11.9 Å². The van der Waals surface area contributed by atoms with Crippen LogP contribution in [0.5, 0.6) is 0 Å². The number of amides is 1. The molecule has 1 aliphatic heterocycles. The maximum Gasteiger partial charge on any atom is 0.284 e. The van der Waals surface area contributed by atoms with Gasteiger partial charge >= 0.3 is 0 Å². The Kier molecular flexibility index (Phi) is 1.86. The van der Waals surface area contributed by atoms with E-state index in [1.807, 2.05) is 6.92 Å². The zero-order valence-corrected chi connectivity index (χ0v) is 5.84. The van der Waals surface area contributed by atoms with Crippen LogP contribution in [-0.4, -0.2) is 24.8 Å². The molecule has 0 aromatic carbocycles. The average molecular weight is 143 g/mol. The van der Waals surface area contributed by atoms with Crippen LogP contribution in [0.25, 0.3) is 0 Å². The number of carbonyl (C=O) groups excluding carboxylic acids is 1. The highest BCUT2D eigenvalue weighted by Crippen LogP contribution is 1.94. The molecule has 10 heavy (non-hydrogen) atoms. The molecular weight excluding hydrogens is 134 g/mol. The van der Waals surface area contributed by atoms with Gasteiger partial charge in [-0.05, 0) is 6.92 Å². The van der Waals surface area contributed by atoms with Gasteiger partial charge in [0, 0.05) is 0 Å². The molecule has 5 heteroatoms. The van der Waals surface area contributed by atoms with Gasteiger partial charge in [0.25, 0.3) is 5.91 Å². The third kappa shape index (κ3) is 1.08. The number of hydrogen-bond donors (Lipinski definition) is 2. The first-order valence-corrected chi connectivity index (χ1v) is 2.92. The fourth-order valence-corrected chi connectivity index (χ4v) is 0.722. The van der Waals surface area contributed by atoms with Gasteiger partial charge in [0.2, 0.25) is 0 Å². The van der Waals surface area contributed by atoms with Gasteiger partial charge in [0.1, 0.15) is 7.11 Å². The van der Waals surface area contributed by atoms with Gasteiger partial charge in [-0.1, -0.05) is 5.16 Å². The van der Waals surface area contributed by atoms with Crippen molar-refractivity contribution in [2.75, 3.05) is 7.11 Å². The lowest BCUT2D eigenvalue weighted by molar-refractivity contribution is -0.114. The number of hydrazine groups is 1. The highest BCUT2D eigenvalue weighted by atomic mass is 16.6. The van der Waals surface area contributed by atoms with Crippen LogP contribution in [-0.2, 0) is 9.63 Å². The molecule has 2 N–H and O–H groups in total. The molecule has 0 spiro atoms. The van der Waals surface area contributed by atoms with E-state index in [1.54, 1.807) is 0 Å². The summed E-state index contributed by atoms with van der Waals surface area (Å²) in [4.78, 5) is 15.2. The summed E-state index contributed by atoms with van der Waals surface area (Å²) >= 11 is 0. The van der Waals surface area contributed by atoms with E-state index in [9.17, 15) is 4.79 Å². The quantitative estimate of drug-likeness (QED) is 0.463. The number of oxime groups is 1. The van der Waals surface area contributed by atoms with Crippen LogP contribution in [0.4, 0.5) is 0 Å². The molecule has 1 saturated heterocycles. The standard InChI is InChI=1S/C5H9N3O2/c1-3-4(8-10-2)5(9)7-6-3/h3,6H,1-2H3,(H,7,9). The second kappa shape index (κ2) is 2.66. The monoisotopic (exact) mass is 143 g/mol. The van der Waals surface area contributed by atoms with Crippen molar-refractivity contribution in [3.63, 3.8) is 0 Å². The Morgan fingerprint density at radius 3 is 2.80 bits per heavy atom. The maximum atomic E-state index is 10.8. The summed E-state index contributed by atoms with van der Waals surface area (Å²) in [6.45, 7) is 1.82. The number of nitrogens with one attached hydrogen (secondary N) is 2. The summed E-state index contributed by atoms with van der Waals surface area (Å²) in [6, 6.07) is -0.0764. The maximum absolute atomic E-state index is 10.8. The molecule has 0 aliphatic carbocycles. The van der Waals surface area contributed by atoms with Gasteiger partial charge in [0.15, 0.2) is 5.71 Å². The van der Waals surface area contributed by atoms with Crippen LogP contribution in [0.1, 0.15) is 6.92 Å². The Labute approximate surface area is 58.4 Å². The summed E-state index contributed by atoms with van der Waals surface area (Å²) in [7, 11) is 1.41. The van der Waals surface area contributed by atoms with Crippen LogP contribution in [0.2, 0.25) is 0 Å². The Bertz CT molecular complexity index is 178. The van der Waals surface area contributed by atoms with Crippen LogP contribution >= 0.6 is 0 Å². The molecule has 1 unspecified atom stereocenters. The molecule has 0 aromatic heterocycles. The van der Waals surface area contributed by atoms with E-state index < -0.39 is 0 Å². The van der Waals surface area contributed by atoms with E-state index in [4.69, 9.17) is 0 Å². The fraction of sp³-hybridized carbons (Fsp3) is 0.600. The highest BCUT2D eigenvalue weighted by Gasteiger charge is 2.26. The molecule has 1 heterocycles. The normalized spacial score (nSPS) is 28.8. The summed E-state index contributed by atoms with van der Waals surface area (Å²) in [5, 5.41) is 3.53. The summed E-state index contributed by atoms with van der Waals surface area (Å²) in [6.07, 6.45) is 0. The van der Waals surface area contributed by atoms with E-state index in [1.165, 1.54) is 7.11 Å². The summed E-state index contributed by atoms with van der Waals surface area (Å²) in [5.41, 5.74) is 5.48. The molecule has 0 aromatic rings. The Hall–Kier alpha value is -1.10. The van der Waals surface area contributed by atoms with Crippen molar-refractivity contribution in [1.82, 2.24) is 10.9 Å². The minimum Gasteiger partial charge on any atom is -0.399 e. The van der Waals surface area contributed by atoms with Crippen LogP contribution in [0.15, 0.2) is 5.16 Å². The van der Waals surface area contributed by atoms with Crippen molar-refractivity contribution in [2.24, 2.45) is 5.16 Å². The minimum atomic E-state index is -0.227.